The van der Waals surface area contributed by atoms with E-state index in [0.717, 1.165) is 12.0 Å². The SMILES string of the molecule is CCC(C)(C)c1c(C)c(O)n(-c2ccc(O)cc2)c1O. The summed E-state index contributed by atoms with van der Waals surface area (Å²) in [6.07, 6.45) is 0.848. The summed E-state index contributed by atoms with van der Waals surface area (Å²) in [5, 5.41) is 30.2. The Hall–Kier alpha value is -2.10. The van der Waals surface area contributed by atoms with Crippen LogP contribution in [0, 0.1) is 6.92 Å². The van der Waals surface area contributed by atoms with E-state index in [1.165, 1.54) is 16.7 Å². The van der Waals surface area contributed by atoms with Crippen LogP contribution in [0.15, 0.2) is 24.3 Å². The van der Waals surface area contributed by atoms with Gasteiger partial charge in [-0.15, -0.1) is 0 Å². The predicted molar refractivity (Wildman–Crippen MR) is 78.8 cm³/mol. The Labute approximate surface area is 118 Å². The quantitative estimate of drug-likeness (QED) is 0.802. The van der Waals surface area contributed by atoms with Gasteiger partial charge in [0, 0.05) is 11.1 Å². The maximum absolute atomic E-state index is 10.5. The normalized spacial score (nSPS) is 11.8. The first-order chi connectivity index (χ1) is 9.29. The molecule has 1 heterocycles. The summed E-state index contributed by atoms with van der Waals surface area (Å²) in [6, 6.07) is 6.34. The zero-order valence-electron chi connectivity index (χ0n) is 12.3. The monoisotopic (exact) mass is 275 g/mol. The Kier molecular flexibility index (Phi) is 3.42. The van der Waals surface area contributed by atoms with Gasteiger partial charge in [-0.05, 0) is 43.0 Å². The smallest absolute Gasteiger partial charge is 0.202 e. The summed E-state index contributed by atoms with van der Waals surface area (Å²) in [5.41, 5.74) is 1.82. The van der Waals surface area contributed by atoms with Gasteiger partial charge in [-0.3, -0.25) is 4.57 Å². The minimum atomic E-state index is -0.228. The number of phenolic OH excluding ortho intramolecular Hbond substituents is 1. The average molecular weight is 275 g/mol. The number of hydrogen-bond acceptors (Lipinski definition) is 3. The van der Waals surface area contributed by atoms with E-state index in [9.17, 15) is 15.3 Å². The summed E-state index contributed by atoms with van der Waals surface area (Å²) in [7, 11) is 0. The van der Waals surface area contributed by atoms with Crippen LogP contribution in [0.25, 0.3) is 5.69 Å². The molecule has 108 valence electrons. The van der Waals surface area contributed by atoms with Gasteiger partial charge in [0.25, 0.3) is 0 Å². The number of nitrogens with zero attached hydrogens (tertiary/aromatic N) is 1. The number of aromatic hydroxyl groups is 3. The largest absolute Gasteiger partial charge is 0.508 e. The summed E-state index contributed by atoms with van der Waals surface area (Å²) < 4.78 is 1.40. The third-order valence-electron chi connectivity index (χ3n) is 4.03. The van der Waals surface area contributed by atoms with Crippen molar-refractivity contribution in [2.24, 2.45) is 0 Å². The first kappa shape index (κ1) is 14.3. The van der Waals surface area contributed by atoms with Crippen LogP contribution >= 0.6 is 0 Å². The van der Waals surface area contributed by atoms with E-state index in [-0.39, 0.29) is 22.9 Å². The van der Waals surface area contributed by atoms with Gasteiger partial charge in [0.1, 0.15) is 5.75 Å². The Morgan fingerprint density at radius 1 is 1.00 bits per heavy atom. The molecule has 0 unspecified atom stereocenters. The van der Waals surface area contributed by atoms with E-state index in [1.807, 2.05) is 20.8 Å². The van der Waals surface area contributed by atoms with Crippen molar-refractivity contribution in [3.63, 3.8) is 0 Å². The first-order valence-electron chi connectivity index (χ1n) is 6.72. The van der Waals surface area contributed by atoms with Crippen molar-refractivity contribution in [1.82, 2.24) is 4.57 Å². The zero-order valence-corrected chi connectivity index (χ0v) is 12.3. The van der Waals surface area contributed by atoms with Crippen molar-refractivity contribution in [1.29, 1.82) is 0 Å². The number of phenols is 1. The second kappa shape index (κ2) is 4.78. The lowest BCUT2D eigenvalue weighted by Gasteiger charge is -2.23. The Morgan fingerprint density at radius 3 is 2.05 bits per heavy atom. The Morgan fingerprint density at radius 2 is 1.55 bits per heavy atom. The van der Waals surface area contributed by atoms with Gasteiger partial charge in [0.15, 0.2) is 0 Å². The molecule has 0 spiro atoms. The molecular formula is C16H21NO3. The van der Waals surface area contributed by atoms with Crippen LogP contribution in [0.3, 0.4) is 0 Å². The van der Waals surface area contributed by atoms with E-state index in [0.29, 0.717) is 11.3 Å². The molecule has 0 aliphatic heterocycles. The molecule has 0 amide bonds. The highest BCUT2D eigenvalue weighted by Gasteiger charge is 2.30. The minimum Gasteiger partial charge on any atom is -0.508 e. The highest BCUT2D eigenvalue weighted by atomic mass is 16.3. The van der Waals surface area contributed by atoms with E-state index in [4.69, 9.17) is 0 Å². The Balaban J connectivity index is 2.68. The fraction of sp³-hybridized carbons (Fsp3) is 0.375. The molecule has 1 aromatic carbocycles. The van der Waals surface area contributed by atoms with Crippen molar-refractivity contribution < 1.29 is 15.3 Å². The van der Waals surface area contributed by atoms with E-state index in [1.54, 1.807) is 19.1 Å². The van der Waals surface area contributed by atoms with Gasteiger partial charge < -0.3 is 15.3 Å². The van der Waals surface area contributed by atoms with Gasteiger partial charge in [-0.1, -0.05) is 20.8 Å². The molecule has 3 N–H and O–H groups in total. The van der Waals surface area contributed by atoms with Gasteiger partial charge in [0.2, 0.25) is 11.8 Å². The number of rotatable bonds is 3. The van der Waals surface area contributed by atoms with Gasteiger partial charge in [-0.2, -0.15) is 0 Å². The third kappa shape index (κ3) is 2.11. The molecule has 0 atom stereocenters. The van der Waals surface area contributed by atoms with E-state index in [2.05, 4.69) is 0 Å². The summed E-state index contributed by atoms with van der Waals surface area (Å²) in [5.74, 6) is 0.230. The minimum absolute atomic E-state index is 0.0321. The number of aromatic nitrogens is 1. The highest BCUT2D eigenvalue weighted by Crippen LogP contribution is 2.44. The zero-order chi connectivity index (χ0) is 15.1. The lowest BCUT2D eigenvalue weighted by atomic mass is 9.81. The molecule has 20 heavy (non-hydrogen) atoms. The van der Waals surface area contributed by atoms with Crippen LogP contribution in [0.2, 0.25) is 0 Å². The molecule has 0 radical (unpaired) electrons. The van der Waals surface area contributed by atoms with Crippen LogP contribution in [0.4, 0.5) is 0 Å². The first-order valence-corrected chi connectivity index (χ1v) is 6.72. The molecule has 0 saturated carbocycles. The van der Waals surface area contributed by atoms with Crippen molar-refractivity contribution >= 4 is 0 Å². The van der Waals surface area contributed by atoms with Crippen LogP contribution in [0.5, 0.6) is 17.5 Å². The molecule has 2 aromatic rings. The molecule has 1 aromatic heterocycles. The highest BCUT2D eigenvalue weighted by molar-refractivity contribution is 5.55. The maximum atomic E-state index is 10.5. The molecule has 0 bridgehead atoms. The van der Waals surface area contributed by atoms with Crippen LogP contribution < -0.4 is 0 Å². The lowest BCUT2D eigenvalue weighted by Crippen LogP contribution is -2.16. The van der Waals surface area contributed by atoms with Crippen LogP contribution in [-0.2, 0) is 5.41 Å². The second-order valence-corrected chi connectivity index (χ2v) is 5.74. The number of benzene rings is 1. The van der Waals surface area contributed by atoms with Crippen molar-refractivity contribution in [3.05, 3.63) is 35.4 Å². The van der Waals surface area contributed by atoms with Gasteiger partial charge in [-0.25, -0.2) is 0 Å². The topological polar surface area (TPSA) is 65.6 Å². The summed E-state index contributed by atoms with van der Waals surface area (Å²) in [4.78, 5) is 0. The lowest BCUT2D eigenvalue weighted by molar-refractivity contribution is 0.389. The molecule has 0 aliphatic carbocycles. The molecule has 2 rings (SSSR count). The average Bonchev–Trinajstić information content (AvgIpc) is 2.62. The molecule has 4 nitrogen and oxygen atoms in total. The third-order valence-corrected chi connectivity index (χ3v) is 4.03. The van der Waals surface area contributed by atoms with Gasteiger partial charge >= 0.3 is 0 Å². The summed E-state index contributed by atoms with van der Waals surface area (Å²) in [6.45, 7) is 7.93. The molecule has 4 heteroatoms. The van der Waals surface area contributed by atoms with Crippen molar-refractivity contribution in [3.8, 4) is 23.2 Å². The van der Waals surface area contributed by atoms with E-state index >= 15 is 0 Å². The van der Waals surface area contributed by atoms with Gasteiger partial charge in [0.05, 0.1) is 5.69 Å². The Bertz CT molecular complexity index is 624. The molecule has 0 aliphatic rings. The number of hydrogen-bond donors (Lipinski definition) is 3. The predicted octanol–water partition coefficient (Wildman–Crippen LogP) is 3.59. The van der Waals surface area contributed by atoms with Crippen LogP contribution in [0.1, 0.15) is 38.3 Å². The summed E-state index contributed by atoms with van der Waals surface area (Å²) >= 11 is 0. The molecular weight excluding hydrogens is 254 g/mol. The fourth-order valence-corrected chi connectivity index (χ4v) is 2.49. The maximum Gasteiger partial charge on any atom is 0.202 e. The molecule has 0 fully saturated rings. The van der Waals surface area contributed by atoms with Crippen LogP contribution in [-0.4, -0.2) is 19.9 Å². The standard InChI is InChI=1S/C16H21NO3/c1-5-16(3,4)13-10(2)14(19)17(15(13)20)11-6-8-12(18)9-7-11/h6-9,18-20H,5H2,1-4H3. The van der Waals surface area contributed by atoms with Crippen molar-refractivity contribution in [2.45, 2.75) is 39.5 Å². The van der Waals surface area contributed by atoms with Crippen molar-refractivity contribution in [2.75, 3.05) is 0 Å². The fourth-order valence-electron chi connectivity index (χ4n) is 2.49. The second-order valence-electron chi connectivity index (χ2n) is 5.74. The molecule has 0 saturated heterocycles. The van der Waals surface area contributed by atoms with E-state index < -0.39 is 0 Å².